The Balaban J connectivity index is 2.59. The lowest BCUT2D eigenvalue weighted by Gasteiger charge is -2.12. The van der Waals surface area contributed by atoms with Crippen molar-refractivity contribution >= 4 is 17.4 Å². The Bertz CT molecular complexity index is 702. The van der Waals surface area contributed by atoms with Gasteiger partial charge in [-0.2, -0.15) is 0 Å². The fraction of sp³-hybridized carbons (Fsp3) is 0.133. The van der Waals surface area contributed by atoms with E-state index < -0.39 is 23.0 Å². The third-order valence-corrected chi connectivity index (χ3v) is 3.28. The fourth-order valence-corrected chi connectivity index (χ4v) is 2.22. The molecule has 0 atom stereocenters. The highest BCUT2D eigenvalue weighted by Crippen LogP contribution is 2.37. The van der Waals surface area contributed by atoms with Gasteiger partial charge in [-0.1, -0.05) is 17.7 Å². The van der Waals surface area contributed by atoms with Crippen molar-refractivity contribution in [1.82, 2.24) is 0 Å². The Hall–Kier alpha value is -2.14. The summed E-state index contributed by atoms with van der Waals surface area (Å²) in [4.78, 5) is 12.4. The molecule has 2 aromatic carbocycles. The smallest absolute Gasteiger partial charge is 0.199 e. The highest BCUT2D eigenvalue weighted by molar-refractivity contribution is 6.34. The molecular weight excluding hydrogens is 302 g/mol. The van der Waals surface area contributed by atoms with Crippen LogP contribution in [0.15, 0.2) is 30.3 Å². The summed E-state index contributed by atoms with van der Waals surface area (Å²) < 4.78 is 37.1. The standard InChI is InChI=1S/C15H11ClF2O3/c1-20-11-7-6-9(15(21-2)12(11)16)14(19)8-4-3-5-10(17)13(8)18/h3-7H,1-2H3. The monoisotopic (exact) mass is 312 g/mol. The second-order valence-corrected chi connectivity index (χ2v) is 4.47. The molecule has 2 rings (SSSR count). The molecule has 0 saturated heterocycles. The van der Waals surface area contributed by atoms with Gasteiger partial charge in [0.05, 0.1) is 25.3 Å². The number of hydrogen-bond acceptors (Lipinski definition) is 3. The van der Waals surface area contributed by atoms with Crippen LogP contribution in [0.3, 0.4) is 0 Å². The van der Waals surface area contributed by atoms with Gasteiger partial charge in [-0.15, -0.1) is 0 Å². The largest absolute Gasteiger partial charge is 0.495 e. The van der Waals surface area contributed by atoms with E-state index in [2.05, 4.69) is 0 Å². The lowest BCUT2D eigenvalue weighted by molar-refractivity contribution is 0.103. The van der Waals surface area contributed by atoms with E-state index in [4.69, 9.17) is 21.1 Å². The fourth-order valence-electron chi connectivity index (χ4n) is 1.90. The molecule has 3 nitrogen and oxygen atoms in total. The third kappa shape index (κ3) is 2.69. The zero-order chi connectivity index (χ0) is 15.6. The van der Waals surface area contributed by atoms with E-state index in [1.807, 2.05) is 0 Å². The molecule has 0 heterocycles. The molecular formula is C15H11ClF2O3. The minimum absolute atomic E-state index is 0.0211. The minimum Gasteiger partial charge on any atom is -0.495 e. The average Bonchev–Trinajstić information content (AvgIpc) is 2.49. The van der Waals surface area contributed by atoms with Gasteiger partial charge in [0.15, 0.2) is 23.2 Å². The van der Waals surface area contributed by atoms with Crippen molar-refractivity contribution in [2.24, 2.45) is 0 Å². The first-order chi connectivity index (χ1) is 10.0. The lowest BCUT2D eigenvalue weighted by Crippen LogP contribution is -2.08. The van der Waals surface area contributed by atoms with E-state index in [0.29, 0.717) is 5.75 Å². The number of rotatable bonds is 4. The number of halogens is 3. The summed E-state index contributed by atoms with van der Waals surface area (Å²) in [7, 11) is 2.73. The van der Waals surface area contributed by atoms with Gasteiger partial charge in [0.2, 0.25) is 0 Å². The maximum absolute atomic E-state index is 13.7. The topological polar surface area (TPSA) is 35.5 Å². The first-order valence-electron chi connectivity index (χ1n) is 5.90. The van der Waals surface area contributed by atoms with E-state index in [-0.39, 0.29) is 16.3 Å². The maximum Gasteiger partial charge on any atom is 0.199 e. The van der Waals surface area contributed by atoms with Crippen molar-refractivity contribution in [1.29, 1.82) is 0 Å². The Morgan fingerprint density at radius 3 is 2.38 bits per heavy atom. The molecule has 0 aliphatic carbocycles. The molecule has 6 heteroatoms. The molecule has 0 unspecified atom stereocenters. The summed E-state index contributed by atoms with van der Waals surface area (Å²) in [5.41, 5.74) is -0.373. The Morgan fingerprint density at radius 1 is 1.05 bits per heavy atom. The molecule has 0 aliphatic rings. The van der Waals surface area contributed by atoms with E-state index in [9.17, 15) is 13.6 Å². The van der Waals surface area contributed by atoms with Gasteiger partial charge in [-0.25, -0.2) is 8.78 Å². The lowest BCUT2D eigenvalue weighted by atomic mass is 10.0. The number of ketones is 1. The van der Waals surface area contributed by atoms with Gasteiger partial charge in [-0.3, -0.25) is 4.79 Å². The van der Waals surface area contributed by atoms with Crippen molar-refractivity contribution < 1.29 is 23.0 Å². The molecule has 0 aliphatic heterocycles. The van der Waals surface area contributed by atoms with Crippen LogP contribution in [0.5, 0.6) is 11.5 Å². The summed E-state index contributed by atoms with van der Waals surface area (Å²) in [5, 5.41) is 0.0858. The Labute approximate surface area is 125 Å². The molecule has 0 fully saturated rings. The molecule has 0 amide bonds. The molecule has 0 aromatic heterocycles. The van der Waals surface area contributed by atoms with Crippen LogP contribution in [-0.2, 0) is 0 Å². The van der Waals surface area contributed by atoms with Gasteiger partial charge < -0.3 is 9.47 Å². The van der Waals surface area contributed by atoms with Gasteiger partial charge >= 0.3 is 0 Å². The zero-order valence-electron chi connectivity index (χ0n) is 11.2. The van der Waals surface area contributed by atoms with Gasteiger partial charge in [-0.05, 0) is 24.3 Å². The summed E-state index contributed by atoms with van der Waals surface area (Å²) in [6.07, 6.45) is 0. The number of carbonyl (C=O) groups is 1. The summed E-state index contributed by atoms with van der Waals surface area (Å²) in [6, 6.07) is 6.22. The second-order valence-electron chi connectivity index (χ2n) is 4.09. The molecule has 21 heavy (non-hydrogen) atoms. The minimum atomic E-state index is -1.21. The number of benzene rings is 2. The van der Waals surface area contributed by atoms with Crippen LogP contribution < -0.4 is 9.47 Å². The van der Waals surface area contributed by atoms with Crippen molar-refractivity contribution in [3.63, 3.8) is 0 Å². The van der Waals surface area contributed by atoms with Crippen LogP contribution in [0.25, 0.3) is 0 Å². The summed E-state index contributed by atoms with van der Waals surface area (Å²) in [6.45, 7) is 0. The quantitative estimate of drug-likeness (QED) is 0.804. The van der Waals surface area contributed by atoms with Crippen LogP contribution >= 0.6 is 11.6 Å². The van der Waals surface area contributed by atoms with Crippen LogP contribution in [0.4, 0.5) is 8.78 Å². The van der Waals surface area contributed by atoms with E-state index in [0.717, 1.165) is 6.07 Å². The van der Waals surface area contributed by atoms with Gasteiger partial charge in [0.25, 0.3) is 0 Å². The van der Waals surface area contributed by atoms with Crippen molar-refractivity contribution in [2.75, 3.05) is 14.2 Å². The SMILES string of the molecule is COc1ccc(C(=O)c2cccc(F)c2F)c(OC)c1Cl. The molecule has 2 aromatic rings. The first-order valence-corrected chi connectivity index (χ1v) is 6.28. The first kappa shape index (κ1) is 15.3. The van der Waals surface area contributed by atoms with Crippen molar-refractivity contribution in [2.45, 2.75) is 0 Å². The summed E-state index contributed by atoms with van der Waals surface area (Å²) in [5.74, 6) is -2.68. The van der Waals surface area contributed by atoms with Gasteiger partial charge in [0, 0.05) is 0 Å². The molecule has 0 N–H and O–H groups in total. The van der Waals surface area contributed by atoms with Crippen LogP contribution in [0, 0.1) is 11.6 Å². The predicted octanol–water partition coefficient (Wildman–Crippen LogP) is 3.87. The van der Waals surface area contributed by atoms with Crippen LogP contribution in [-0.4, -0.2) is 20.0 Å². The molecule has 110 valence electrons. The van der Waals surface area contributed by atoms with E-state index in [1.165, 1.54) is 38.5 Å². The molecule has 0 saturated carbocycles. The number of hydrogen-bond donors (Lipinski definition) is 0. The highest BCUT2D eigenvalue weighted by Gasteiger charge is 2.23. The predicted molar refractivity (Wildman–Crippen MR) is 74.3 cm³/mol. The highest BCUT2D eigenvalue weighted by atomic mass is 35.5. The number of methoxy groups -OCH3 is 2. The normalized spacial score (nSPS) is 10.3. The van der Waals surface area contributed by atoms with E-state index in [1.54, 1.807) is 0 Å². The van der Waals surface area contributed by atoms with Crippen molar-refractivity contribution in [3.8, 4) is 11.5 Å². The number of carbonyl (C=O) groups excluding carboxylic acids is 1. The van der Waals surface area contributed by atoms with Crippen molar-refractivity contribution in [3.05, 3.63) is 58.1 Å². The van der Waals surface area contributed by atoms with E-state index >= 15 is 0 Å². The number of ether oxygens (including phenoxy) is 2. The zero-order valence-corrected chi connectivity index (χ0v) is 12.0. The Morgan fingerprint density at radius 2 is 1.76 bits per heavy atom. The van der Waals surface area contributed by atoms with Gasteiger partial charge in [0.1, 0.15) is 10.8 Å². The van der Waals surface area contributed by atoms with Crippen LogP contribution in [0.2, 0.25) is 5.02 Å². The third-order valence-electron chi connectivity index (χ3n) is 2.93. The molecule has 0 spiro atoms. The maximum atomic E-state index is 13.7. The Kier molecular flexibility index (Phi) is 4.43. The summed E-state index contributed by atoms with van der Waals surface area (Å²) >= 11 is 6.05. The average molecular weight is 313 g/mol. The molecule has 0 bridgehead atoms. The second kappa shape index (κ2) is 6.10. The van der Waals surface area contributed by atoms with Crippen LogP contribution in [0.1, 0.15) is 15.9 Å². The molecule has 0 radical (unpaired) electrons.